The number of rotatable bonds is 4. The van der Waals surface area contributed by atoms with Gasteiger partial charge in [0.1, 0.15) is 5.70 Å². The third-order valence-electron chi connectivity index (χ3n) is 4.66. The minimum absolute atomic E-state index is 0.147. The van der Waals surface area contributed by atoms with E-state index in [1.54, 1.807) is 24.3 Å². The first-order chi connectivity index (χ1) is 13.1. The van der Waals surface area contributed by atoms with E-state index in [0.717, 1.165) is 43.5 Å². The topological polar surface area (TPSA) is 49.4 Å². The summed E-state index contributed by atoms with van der Waals surface area (Å²) >= 11 is 3.56. The molecule has 0 saturated carbocycles. The van der Waals surface area contributed by atoms with Gasteiger partial charge in [-0.3, -0.25) is 9.59 Å². The van der Waals surface area contributed by atoms with Crippen LogP contribution in [0.5, 0.6) is 0 Å². The fraction of sp³-hybridized carbons (Fsp3) is 0.273. The molecule has 140 valence electrons. The zero-order valence-electron chi connectivity index (χ0n) is 15.4. The number of carbonyl (C=O) groups is 2. The standard InChI is InChI=1S/C22H23BrN2O2/c1-16-10-12-17(13-11-16)19(23)20(22(27)25-14-6-3-7-15-25)24-21(26)18-8-4-2-5-9-18/h2,4-5,8-13H,3,6-7,14-15H2,1H3,(H,24,26)/b20-19+. The van der Waals surface area contributed by atoms with Gasteiger partial charge in [-0.1, -0.05) is 48.0 Å². The van der Waals surface area contributed by atoms with Gasteiger partial charge in [-0.25, -0.2) is 0 Å². The maximum absolute atomic E-state index is 13.2. The Morgan fingerprint density at radius 1 is 0.889 bits per heavy atom. The number of amides is 2. The van der Waals surface area contributed by atoms with Crippen molar-refractivity contribution in [3.8, 4) is 0 Å². The molecular weight excluding hydrogens is 404 g/mol. The SMILES string of the molecule is Cc1ccc(/C(Br)=C(\NC(=O)c2ccccc2)C(=O)N2CCCCC2)cc1. The van der Waals surface area contributed by atoms with E-state index < -0.39 is 0 Å². The molecule has 1 fully saturated rings. The lowest BCUT2D eigenvalue weighted by atomic mass is 10.1. The lowest BCUT2D eigenvalue weighted by molar-refractivity contribution is -0.128. The summed E-state index contributed by atoms with van der Waals surface area (Å²) in [5.74, 6) is -0.438. The maximum Gasteiger partial charge on any atom is 0.271 e. The summed E-state index contributed by atoms with van der Waals surface area (Å²) in [5.41, 5.74) is 2.80. The monoisotopic (exact) mass is 426 g/mol. The molecule has 0 spiro atoms. The second-order valence-electron chi connectivity index (χ2n) is 6.73. The van der Waals surface area contributed by atoms with Crippen molar-refractivity contribution in [3.63, 3.8) is 0 Å². The number of nitrogens with zero attached hydrogens (tertiary/aromatic N) is 1. The first-order valence-corrected chi connectivity index (χ1v) is 9.98. The molecule has 0 aromatic heterocycles. The molecule has 0 unspecified atom stereocenters. The van der Waals surface area contributed by atoms with Gasteiger partial charge in [-0.2, -0.15) is 0 Å². The number of carbonyl (C=O) groups excluding carboxylic acids is 2. The van der Waals surface area contributed by atoms with Crippen LogP contribution in [0.2, 0.25) is 0 Å². The third-order valence-corrected chi connectivity index (χ3v) is 5.51. The second kappa shape index (κ2) is 9.00. The first kappa shape index (κ1) is 19.4. The highest BCUT2D eigenvalue weighted by Gasteiger charge is 2.25. The number of piperidine rings is 1. The Labute approximate surface area is 168 Å². The summed E-state index contributed by atoms with van der Waals surface area (Å²) < 4.78 is 0.599. The van der Waals surface area contributed by atoms with Crippen molar-refractivity contribution in [1.82, 2.24) is 10.2 Å². The molecule has 1 N–H and O–H groups in total. The Balaban J connectivity index is 1.94. The highest BCUT2D eigenvalue weighted by Crippen LogP contribution is 2.26. The predicted molar refractivity (Wildman–Crippen MR) is 111 cm³/mol. The number of nitrogens with one attached hydrogen (secondary N) is 1. The number of hydrogen-bond donors (Lipinski definition) is 1. The van der Waals surface area contributed by atoms with Crippen LogP contribution >= 0.6 is 15.9 Å². The van der Waals surface area contributed by atoms with Crippen LogP contribution in [-0.2, 0) is 4.79 Å². The Bertz CT molecular complexity index is 838. The predicted octanol–water partition coefficient (Wildman–Crippen LogP) is 4.50. The lowest BCUT2D eigenvalue weighted by Crippen LogP contribution is -2.41. The van der Waals surface area contributed by atoms with E-state index in [9.17, 15) is 9.59 Å². The van der Waals surface area contributed by atoms with Crippen molar-refractivity contribution >= 4 is 32.2 Å². The lowest BCUT2D eigenvalue weighted by Gasteiger charge is -2.28. The summed E-state index contributed by atoms with van der Waals surface area (Å²) in [6, 6.07) is 16.8. The number of aryl methyl sites for hydroxylation is 1. The van der Waals surface area contributed by atoms with Gasteiger partial charge in [0, 0.05) is 18.7 Å². The molecule has 4 nitrogen and oxygen atoms in total. The average Bonchev–Trinajstić information content (AvgIpc) is 2.72. The molecule has 0 bridgehead atoms. The summed E-state index contributed by atoms with van der Waals surface area (Å²) in [5, 5.41) is 2.85. The van der Waals surface area contributed by atoms with E-state index in [4.69, 9.17) is 0 Å². The molecule has 27 heavy (non-hydrogen) atoms. The maximum atomic E-state index is 13.2. The minimum atomic E-state index is -0.292. The van der Waals surface area contributed by atoms with Crippen molar-refractivity contribution in [2.24, 2.45) is 0 Å². The van der Waals surface area contributed by atoms with Crippen molar-refractivity contribution in [1.29, 1.82) is 0 Å². The highest BCUT2D eigenvalue weighted by atomic mass is 79.9. The molecule has 5 heteroatoms. The number of hydrogen-bond acceptors (Lipinski definition) is 2. The second-order valence-corrected chi connectivity index (χ2v) is 7.52. The zero-order chi connectivity index (χ0) is 19.2. The summed E-state index contributed by atoms with van der Waals surface area (Å²) in [6.45, 7) is 3.45. The van der Waals surface area contributed by atoms with Crippen molar-refractivity contribution in [2.75, 3.05) is 13.1 Å². The van der Waals surface area contributed by atoms with Crippen LogP contribution in [0.3, 0.4) is 0 Å². The molecule has 2 amide bonds. The molecule has 1 aliphatic rings. The van der Waals surface area contributed by atoms with Gasteiger partial charge < -0.3 is 10.2 Å². The van der Waals surface area contributed by atoms with Gasteiger partial charge in [0.25, 0.3) is 11.8 Å². The van der Waals surface area contributed by atoms with Gasteiger partial charge in [0.05, 0.1) is 4.48 Å². The smallest absolute Gasteiger partial charge is 0.271 e. The quantitative estimate of drug-likeness (QED) is 0.731. The molecule has 1 heterocycles. The molecule has 3 rings (SSSR count). The molecule has 0 atom stereocenters. The minimum Gasteiger partial charge on any atom is -0.337 e. The molecule has 2 aromatic carbocycles. The summed E-state index contributed by atoms with van der Waals surface area (Å²) in [6.07, 6.45) is 3.12. The summed E-state index contributed by atoms with van der Waals surface area (Å²) in [4.78, 5) is 27.7. The Morgan fingerprint density at radius 3 is 2.15 bits per heavy atom. The van der Waals surface area contributed by atoms with Crippen LogP contribution in [0.1, 0.15) is 40.7 Å². The van der Waals surface area contributed by atoms with Gasteiger partial charge in [-0.05, 0) is 59.8 Å². The number of halogens is 1. The third kappa shape index (κ3) is 4.86. The van der Waals surface area contributed by atoms with Crippen LogP contribution in [0.15, 0.2) is 60.3 Å². The van der Waals surface area contributed by atoms with Gasteiger partial charge >= 0.3 is 0 Å². The van der Waals surface area contributed by atoms with Crippen molar-refractivity contribution in [3.05, 3.63) is 77.0 Å². The van der Waals surface area contributed by atoms with Crippen molar-refractivity contribution < 1.29 is 9.59 Å². The molecule has 0 radical (unpaired) electrons. The van der Waals surface area contributed by atoms with Gasteiger partial charge in [-0.15, -0.1) is 0 Å². The van der Waals surface area contributed by atoms with E-state index in [2.05, 4.69) is 21.2 Å². The summed E-state index contributed by atoms with van der Waals surface area (Å²) in [7, 11) is 0. The largest absolute Gasteiger partial charge is 0.337 e. The van der Waals surface area contributed by atoms with Crippen LogP contribution in [0.4, 0.5) is 0 Å². The fourth-order valence-corrected chi connectivity index (χ4v) is 3.61. The van der Waals surface area contributed by atoms with E-state index in [-0.39, 0.29) is 17.5 Å². The Morgan fingerprint density at radius 2 is 1.52 bits per heavy atom. The number of likely N-dealkylation sites (tertiary alicyclic amines) is 1. The van der Waals surface area contributed by atoms with E-state index in [1.807, 2.05) is 42.2 Å². The molecular formula is C22H23BrN2O2. The first-order valence-electron chi connectivity index (χ1n) is 9.19. The van der Waals surface area contributed by atoms with Crippen LogP contribution in [0, 0.1) is 6.92 Å². The molecule has 1 aliphatic heterocycles. The van der Waals surface area contributed by atoms with Gasteiger partial charge in [0.15, 0.2) is 0 Å². The van der Waals surface area contributed by atoms with E-state index in [1.165, 1.54) is 0 Å². The van der Waals surface area contributed by atoms with Crippen LogP contribution in [0.25, 0.3) is 4.48 Å². The fourth-order valence-electron chi connectivity index (χ4n) is 3.08. The normalized spacial score (nSPS) is 15.1. The van der Waals surface area contributed by atoms with Crippen LogP contribution < -0.4 is 5.32 Å². The zero-order valence-corrected chi connectivity index (χ0v) is 17.0. The van der Waals surface area contributed by atoms with Crippen molar-refractivity contribution in [2.45, 2.75) is 26.2 Å². The van der Waals surface area contributed by atoms with Crippen LogP contribution in [-0.4, -0.2) is 29.8 Å². The van der Waals surface area contributed by atoms with E-state index in [0.29, 0.717) is 10.0 Å². The van der Waals surface area contributed by atoms with E-state index >= 15 is 0 Å². The Hall–Kier alpha value is -2.40. The molecule has 2 aromatic rings. The van der Waals surface area contributed by atoms with Gasteiger partial charge in [0.2, 0.25) is 0 Å². The molecule has 0 aliphatic carbocycles. The molecule has 1 saturated heterocycles. The highest BCUT2D eigenvalue weighted by molar-refractivity contribution is 9.15. The Kier molecular flexibility index (Phi) is 6.45. The average molecular weight is 427 g/mol. The number of benzene rings is 2.